The van der Waals surface area contributed by atoms with Crippen molar-refractivity contribution in [2.45, 2.75) is 19.9 Å². The first-order valence-corrected chi connectivity index (χ1v) is 8.79. The number of aromatic nitrogens is 2. The van der Waals surface area contributed by atoms with Crippen LogP contribution in [0, 0.1) is 6.92 Å². The van der Waals surface area contributed by atoms with E-state index < -0.39 is 0 Å². The van der Waals surface area contributed by atoms with Crippen molar-refractivity contribution in [3.05, 3.63) is 40.7 Å². The van der Waals surface area contributed by atoms with Gasteiger partial charge >= 0.3 is 0 Å². The number of ether oxygens (including phenoxy) is 1. The lowest BCUT2D eigenvalue weighted by Crippen LogP contribution is -2.38. The Labute approximate surface area is 151 Å². The third-order valence-corrected chi connectivity index (χ3v) is 4.45. The van der Waals surface area contributed by atoms with Crippen molar-refractivity contribution in [3.63, 3.8) is 0 Å². The van der Waals surface area contributed by atoms with Gasteiger partial charge in [-0.25, -0.2) is 4.98 Å². The van der Waals surface area contributed by atoms with Crippen LogP contribution in [0.1, 0.15) is 22.5 Å². The minimum Gasteiger partial charge on any atom is -0.442 e. The van der Waals surface area contributed by atoms with Crippen LogP contribution in [0.2, 0.25) is 0 Å². The first kappa shape index (κ1) is 18.3. The molecule has 0 atom stereocenters. The first-order valence-electron chi connectivity index (χ1n) is 8.79. The van der Waals surface area contributed by atoms with E-state index in [9.17, 15) is 9.59 Å². The smallest absolute Gasteiger partial charge is 0.265 e. The zero-order chi connectivity index (χ0) is 18.5. The number of nitrogens with one attached hydrogen (secondary N) is 1. The molecule has 0 saturated carbocycles. The fourth-order valence-electron chi connectivity index (χ4n) is 3.10. The average molecular weight is 360 g/mol. The van der Waals surface area contributed by atoms with Crippen molar-refractivity contribution in [2.24, 2.45) is 0 Å². The number of amides is 1. The summed E-state index contributed by atoms with van der Waals surface area (Å²) < 4.78 is 12.2. The molecule has 0 spiro atoms. The van der Waals surface area contributed by atoms with Crippen LogP contribution in [-0.2, 0) is 11.3 Å². The molecule has 140 valence electrons. The van der Waals surface area contributed by atoms with Gasteiger partial charge in [-0.15, -0.1) is 6.58 Å². The zero-order valence-electron chi connectivity index (χ0n) is 15.0. The van der Waals surface area contributed by atoms with Crippen LogP contribution in [0.5, 0.6) is 0 Å². The van der Waals surface area contributed by atoms with Crippen molar-refractivity contribution in [3.8, 4) is 0 Å². The van der Waals surface area contributed by atoms with Gasteiger partial charge in [0.15, 0.2) is 0 Å². The first-order chi connectivity index (χ1) is 12.6. The molecule has 2 aromatic heterocycles. The van der Waals surface area contributed by atoms with E-state index in [1.807, 2.05) is 0 Å². The molecule has 1 saturated heterocycles. The lowest BCUT2D eigenvalue weighted by Gasteiger charge is -2.26. The van der Waals surface area contributed by atoms with Gasteiger partial charge in [0, 0.05) is 26.2 Å². The molecule has 2 aromatic rings. The van der Waals surface area contributed by atoms with E-state index in [1.54, 1.807) is 13.0 Å². The highest BCUT2D eigenvalue weighted by molar-refractivity contribution is 6.06. The lowest BCUT2D eigenvalue weighted by molar-refractivity contribution is 0.0374. The molecule has 1 amide bonds. The largest absolute Gasteiger partial charge is 0.442 e. The monoisotopic (exact) mass is 360 g/mol. The molecule has 0 bridgehead atoms. The summed E-state index contributed by atoms with van der Waals surface area (Å²) in [6.45, 7) is 10.4. The van der Waals surface area contributed by atoms with Gasteiger partial charge in [-0.2, -0.15) is 0 Å². The van der Waals surface area contributed by atoms with Gasteiger partial charge in [0.25, 0.3) is 11.5 Å². The highest BCUT2D eigenvalue weighted by Crippen LogP contribution is 2.20. The van der Waals surface area contributed by atoms with Crippen molar-refractivity contribution in [1.29, 1.82) is 0 Å². The number of nitrogens with zero attached hydrogens (tertiary/aromatic N) is 3. The fraction of sp³-hybridized carbons (Fsp3) is 0.500. The van der Waals surface area contributed by atoms with E-state index in [4.69, 9.17) is 9.15 Å². The van der Waals surface area contributed by atoms with E-state index in [2.05, 4.69) is 21.8 Å². The van der Waals surface area contributed by atoms with Crippen molar-refractivity contribution >= 4 is 17.0 Å². The number of furan rings is 1. The fourth-order valence-corrected chi connectivity index (χ4v) is 3.10. The van der Waals surface area contributed by atoms with Crippen LogP contribution in [-0.4, -0.2) is 59.8 Å². The maximum Gasteiger partial charge on any atom is 0.265 e. The highest BCUT2D eigenvalue weighted by atomic mass is 16.5. The summed E-state index contributed by atoms with van der Waals surface area (Å²) in [5.74, 6) is 0.0881. The molecule has 26 heavy (non-hydrogen) atoms. The van der Waals surface area contributed by atoms with E-state index in [0.29, 0.717) is 18.8 Å². The maximum atomic E-state index is 12.6. The van der Waals surface area contributed by atoms with Crippen LogP contribution in [0.3, 0.4) is 0 Å². The number of hydrogen-bond acceptors (Lipinski definition) is 6. The van der Waals surface area contributed by atoms with Crippen molar-refractivity contribution < 1.29 is 13.9 Å². The average Bonchev–Trinajstić information content (AvgIpc) is 2.99. The van der Waals surface area contributed by atoms with Gasteiger partial charge in [-0.05, 0) is 19.9 Å². The molecule has 1 aliphatic heterocycles. The molecule has 1 N–H and O–H groups in total. The molecule has 3 rings (SSSR count). The van der Waals surface area contributed by atoms with Crippen LogP contribution in [0.4, 0.5) is 0 Å². The predicted octanol–water partition coefficient (Wildman–Crippen LogP) is 0.936. The van der Waals surface area contributed by atoms with Gasteiger partial charge in [0.1, 0.15) is 17.5 Å². The summed E-state index contributed by atoms with van der Waals surface area (Å²) in [7, 11) is 0. The standard InChI is InChI=1S/C18H24N4O4/c1-3-6-22-12-20-17-15(18(22)24)14(13(2)26-17)16(23)19-5-4-7-21-8-10-25-11-9-21/h3,12H,1,4-11H2,2H3,(H,19,23). The van der Waals surface area contributed by atoms with Gasteiger partial charge < -0.3 is 14.5 Å². The SMILES string of the molecule is C=CCn1cnc2oc(C)c(C(=O)NCCCN3CCOCC3)c2c1=O. The molecule has 0 radical (unpaired) electrons. The molecule has 0 aromatic carbocycles. The Balaban J connectivity index is 1.69. The van der Waals surface area contributed by atoms with Crippen molar-refractivity contribution in [1.82, 2.24) is 19.8 Å². The van der Waals surface area contributed by atoms with Crippen LogP contribution in [0.15, 0.2) is 28.2 Å². The summed E-state index contributed by atoms with van der Waals surface area (Å²) in [6.07, 6.45) is 3.84. The molecule has 1 aliphatic rings. The van der Waals surface area contributed by atoms with E-state index in [1.165, 1.54) is 10.9 Å². The highest BCUT2D eigenvalue weighted by Gasteiger charge is 2.22. The lowest BCUT2D eigenvalue weighted by atomic mass is 10.1. The maximum absolute atomic E-state index is 12.6. The minimum absolute atomic E-state index is 0.186. The summed E-state index contributed by atoms with van der Waals surface area (Å²) in [5, 5.41) is 3.10. The molecule has 0 aliphatic carbocycles. The second kappa shape index (κ2) is 8.29. The topological polar surface area (TPSA) is 89.6 Å². The number of fused-ring (bicyclic) bond motifs is 1. The number of aryl methyl sites for hydroxylation is 1. The molecule has 8 heteroatoms. The van der Waals surface area contributed by atoms with Crippen LogP contribution in [0.25, 0.3) is 11.1 Å². The Kier molecular flexibility index (Phi) is 5.85. The number of carbonyl (C=O) groups is 1. The number of morpholine rings is 1. The molecular formula is C18H24N4O4. The van der Waals surface area contributed by atoms with E-state index >= 15 is 0 Å². The Morgan fingerprint density at radius 3 is 2.92 bits per heavy atom. The second-order valence-corrected chi connectivity index (χ2v) is 6.27. The summed E-state index contributed by atoms with van der Waals surface area (Å²) in [4.78, 5) is 31.7. The van der Waals surface area contributed by atoms with Gasteiger partial charge in [0.05, 0.1) is 18.8 Å². The van der Waals surface area contributed by atoms with Gasteiger partial charge in [-0.3, -0.25) is 19.1 Å². The van der Waals surface area contributed by atoms with Crippen LogP contribution < -0.4 is 10.9 Å². The molecule has 8 nitrogen and oxygen atoms in total. The normalized spacial score (nSPS) is 15.3. The second-order valence-electron chi connectivity index (χ2n) is 6.27. The third kappa shape index (κ3) is 3.86. The molecule has 1 fully saturated rings. The third-order valence-electron chi connectivity index (χ3n) is 4.45. The molecule has 0 unspecified atom stereocenters. The van der Waals surface area contributed by atoms with Gasteiger partial charge in [0.2, 0.25) is 5.71 Å². The van der Waals surface area contributed by atoms with Crippen molar-refractivity contribution in [2.75, 3.05) is 39.4 Å². The number of allylic oxidation sites excluding steroid dienone is 1. The Bertz CT molecular complexity index is 849. The summed E-state index contributed by atoms with van der Waals surface area (Å²) in [6, 6.07) is 0. The Morgan fingerprint density at radius 2 is 2.19 bits per heavy atom. The Hall–Kier alpha value is -2.45. The quantitative estimate of drug-likeness (QED) is 0.584. The summed E-state index contributed by atoms with van der Waals surface area (Å²) >= 11 is 0. The minimum atomic E-state index is -0.307. The Morgan fingerprint density at radius 1 is 1.42 bits per heavy atom. The predicted molar refractivity (Wildman–Crippen MR) is 97.4 cm³/mol. The van der Waals surface area contributed by atoms with E-state index in [0.717, 1.165) is 39.3 Å². The number of carbonyl (C=O) groups excluding carboxylic acids is 1. The zero-order valence-corrected chi connectivity index (χ0v) is 15.0. The molecular weight excluding hydrogens is 336 g/mol. The van der Waals surface area contributed by atoms with Crippen LogP contribution >= 0.6 is 0 Å². The number of rotatable bonds is 7. The number of hydrogen-bond donors (Lipinski definition) is 1. The van der Waals surface area contributed by atoms with Gasteiger partial charge in [-0.1, -0.05) is 6.08 Å². The summed E-state index contributed by atoms with van der Waals surface area (Å²) in [5.41, 5.74) is 0.152. The molecule has 3 heterocycles. The van der Waals surface area contributed by atoms with E-state index in [-0.39, 0.29) is 28.1 Å².